The van der Waals surface area contributed by atoms with E-state index in [1.165, 1.54) is 7.11 Å². The van der Waals surface area contributed by atoms with Gasteiger partial charge in [0.25, 0.3) is 0 Å². The van der Waals surface area contributed by atoms with Crippen molar-refractivity contribution < 1.29 is 9.53 Å². The Kier molecular flexibility index (Phi) is 6.27. The number of nitrogens with zero attached hydrogens (tertiary/aromatic N) is 1. The number of carbonyl (C=O) groups excluding carboxylic acids is 1. The van der Waals surface area contributed by atoms with Gasteiger partial charge in [-0.15, -0.1) is 0 Å². The zero-order valence-corrected chi connectivity index (χ0v) is 13.2. The Morgan fingerprint density at radius 1 is 1.37 bits per heavy atom. The molecule has 0 bridgehead atoms. The summed E-state index contributed by atoms with van der Waals surface area (Å²) in [7, 11) is 1.48. The molecule has 1 heterocycles. The van der Waals surface area contributed by atoms with Gasteiger partial charge in [-0.25, -0.2) is 0 Å². The normalized spacial score (nSPS) is 20.3. The van der Waals surface area contributed by atoms with Gasteiger partial charge in [0.2, 0.25) is 0 Å². The molecule has 0 aromatic heterocycles. The first-order chi connectivity index (χ1) is 8.81. The molecule has 4 nitrogen and oxygen atoms in total. The summed E-state index contributed by atoms with van der Waals surface area (Å²) < 4.78 is 4.81. The van der Waals surface area contributed by atoms with Crippen LogP contribution < -0.4 is 5.32 Å². The second kappa shape index (κ2) is 7.25. The first kappa shape index (κ1) is 16.4. The fraction of sp³-hybridized carbons (Fsp3) is 0.933. The highest BCUT2D eigenvalue weighted by atomic mass is 16.5. The highest BCUT2D eigenvalue weighted by molar-refractivity contribution is 5.72. The smallest absolute Gasteiger partial charge is 0.308 e. The van der Waals surface area contributed by atoms with Crippen molar-refractivity contribution in [3.8, 4) is 0 Å². The summed E-state index contributed by atoms with van der Waals surface area (Å²) in [5.41, 5.74) is 0.187. The Bertz CT molecular complexity index is 278. The zero-order chi connectivity index (χ0) is 14.5. The van der Waals surface area contributed by atoms with Crippen LogP contribution in [0.1, 0.15) is 40.5 Å². The summed E-state index contributed by atoms with van der Waals surface area (Å²) in [5, 5.41) is 3.55. The third-order valence-corrected chi connectivity index (χ3v) is 3.67. The quantitative estimate of drug-likeness (QED) is 0.775. The van der Waals surface area contributed by atoms with Gasteiger partial charge in [0.05, 0.1) is 13.0 Å². The SMILES string of the molecule is COC(=O)C1CCN(CC(C)CNC(C)(C)C)CC1. The third kappa shape index (κ3) is 6.39. The molecule has 0 saturated carbocycles. The maximum absolute atomic E-state index is 11.5. The van der Waals surface area contributed by atoms with Gasteiger partial charge in [-0.3, -0.25) is 4.79 Å². The highest BCUT2D eigenvalue weighted by Gasteiger charge is 2.26. The minimum absolute atomic E-state index is 0.0397. The molecule has 0 aromatic rings. The van der Waals surface area contributed by atoms with Crippen LogP contribution in [0.15, 0.2) is 0 Å². The molecule has 4 heteroatoms. The molecule has 1 atom stereocenters. The van der Waals surface area contributed by atoms with E-state index in [0.717, 1.165) is 39.0 Å². The molecule has 19 heavy (non-hydrogen) atoms. The molecule has 0 radical (unpaired) electrons. The Hall–Kier alpha value is -0.610. The Balaban J connectivity index is 2.23. The van der Waals surface area contributed by atoms with E-state index in [9.17, 15) is 4.79 Å². The molecular weight excluding hydrogens is 240 g/mol. The van der Waals surface area contributed by atoms with E-state index in [4.69, 9.17) is 4.74 Å². The molecule has 0 aromatic carbocycles. The van der Waals surface area contributed by atoms with Gasteiger partial charge in [-0.1, -0.05) is 6.92 Å². The van der Waals surface area contributed by atoms with Crippen LogP contribution in [0, 0.1) is 11.8 Å². The number of nitrogens with one attached hydrogen (secondary N) is 1. The number of hydrogen-bond acceptors (Lipinski definition) is 4. The van der Waals surface area contributed by atoms with Gasteiger partial charge >= 0.3 is 5.97 Å². The third-order valence-electron chi connectivity index (χ3n) is 3.67. The average Bonchev–Trinajstić information content (AvgIpc) is 2.35. The number of methoxy groups -OCH3 is 1. The van der Waals surface area contributed by atoms with Crippen LogP contribution >= 0.6 is 0 Å². The molecule has 0 aliphatic carbocycles. The van der Waals surface area contributed by atoms with Gasteiger partial charge in [-0.05, 0) is 59.2 Å². The molecule has 1 saturated heterocycles. The van der Waals surface area contributed by atoms with Crippen molar-refractivity contribution in [3.05, 3.63) is 0 Å². The minimum Gasteiger partial charge on any atom is -0.469 e. The molecular formula is C15H30N2O2. The standard InChI is InChI=1S/C15H30N2O2/c1-12(10-16-15(2,3)4)11-17-8-6-13(7-9-17)14(18)19-5/h12-13,16H,6-11H2,1-5H3. The molecule has 1 aliphatic heterocycles. The molecule has 112 valence electrons. The number of esters is 1. The number of carbonyl (C=O) groups is 1. The molecule has 0 spiro atoms. The van der Waals surface area contributed by atoms with Crippen molar-refractivity contribution in [1.82, 2.24) is 10.2 Å². The average molecular weight is 270 g/mol. The van der Waals surface area contributed by atoms with Crippen LogP contribution in [0.4, 0.5) is 0 Å². The van der Waals surface area contributed by atoms with Gasteiger partial charge < -0.3 is 15.0 Å². The zero-order valence-electron chi connectivity index (χ0n) is 13.2. The first-order valence-electron chi connectivity index (χ1n) is 7.37. The molecule has 1 fully saturated rings. The van der Waals surface area contributed by atoms with E-state index in [2.05, 4.69) is 37.9 Å². The minimum atomic E-state index is -0.0397. The van der Waals surface area contributed by atoms with Crippen LogP contribution in [-0.2, 0) is 9.53 Å². The van der Waals surface area contributed by atoms with Gasteiger partial charge in [0, 0.05) is 12.1 Å². The number of piperidine rings is 1. The highest BCUT2D eigenvalue weighted by Crippen LogP contribution is 2.19. The summed E-state index contributed by atoms with van der Waals surface area (Å²) in [6, 6.07) is 0. The van der Waals surface area contributed by atoms with Gasteiger partial charge in [0.15, 0.2) is 0 Å². The van der Waals surface area contributed by atoms with E-state index >= 15 is 0 Å². The number of ether oxygens (including phenoxy) is 1. The van der Waals surface area contributed by atoms with Crippen molar-refractivity contribution in [1.29, 1.82) is 0 Å². The number of hydrogen-bond donors (Lipinski definition) is 1. The fourth-order valence-corrected chi connectivity index (χ4v) is 2.50. The number of rotatable bonds is 5. The topological polar surface area (TPSA) is 41.6 Å². The summed E-state index contributed by atoms with van der Waals surface area (Å²) in [5.74, 6) is 0.709. The molecule has 0 amide bonds. The van der Waals surface area contributed by atoms with E-state index in [1.807, 2.05) is 0 Å². The lowest BCUT2D eigenvalue weighted by Crippen LogP contribution is -2.43. The van der Waals surface area contributed by atoms with E-state index in [0.29, 0.717) is 5.92 Å². The summed E-state index contributed by atoms with van der Waals surface area (Å²) in [4.78, 5) is 13.9. The van der Waals surface area contributed by atoms with Crippen LogP contribution in [-0.4, -0.2) is 49.7 Å². The number of likely N-dealkylation sites (tertiary alicyclic amines) is 1. The lowest BCUT2D eigenvalue weighted by molar-refractivity contribution is -0.147. The molecule has 1 unspecified atom stereocenters. The van der Waals surface area contributed by atoms with E-state index in [1.54, 1.807) is 0 Å². The lowest BCUT2D eigenvalue weighted by atomic mass is 9.96. The van der Waals surface area contributed by atoms with Crippen molar-refractivity contribution in [2.75, 3.05) is 33.3 Å². The second-order valence-electron chi connectivity index (χ2n) is 6.83. The first-order valence-corrected chi connectivity index (χ1v) is 7.37. The van der Waals surface area contributed by atoms with E-state index in [-0.39, 0.29) is 17.4 Å². The largest absolute Gasteiger partial charge is 0.469 e. The van der Waals surface area contributed by atoms with Gasteiger partial charge in [0.1, 0.15) is 0 Å². The summed E-state index contributed by atoms with van der Waals surface area (Å²) >= 11 is 0. The van der Waals surface area contributed by atoms with Crippen molar-refractivity contribution in [2.24, 2.45) is 11.8 Å². The molecule has 1 rings (SSSR count). The summed E-state index contributed by atoms with van der Waals surface area (Å²) in [6.45, 7) is 13.0. The predicted molar refractivity (Wildman–Crippen MR) is 78.1 cm³/mol. The lowest BCUT2D eigenvalue weighted by Gasteiger charge is -2.33. The van der Waals surface area contributed by atoms with Crippen LogP contribution in [0.3, 0.4) is 0 Å². The maximum Gasteiger partial charge on any atom is 0.308 e. The summed E-state index contributed by atoms with van der Waals surface area (Å²) in [6.07, 6.45) is 1.87. The van der Waals surface area contributed by atoms with Crippen molar-refractivity contribution >= 4 is 5.97 Å². The predicted octanol–water partition coefficient (Wildman–Crippen LogP) is 1.90. The Morgan fingerprint density at radius 3 is 2.42 bits per heavy atom. The van der Waals surface area contributed by atoms with Crippen LogP contribution in [0.25, 0.3) is 0 Å². The van der Waals surface area contributed by atoms with E-state index < -0.39 is 0 Å². The van der Waals surface area contributed by atoms with Crippen molar-refractivity contribution in [3.63, 3.8) is 0 Å². The monoisotopic (exact) mass is 270 g/mol. The van der Waals surface area contributed by atoms with Crippen LogP contribution in [0.2, 0.25) is 0 Å². The molecule has 1 N–H and O–H groups in total. The van der Waals surface area contributed by atoms with Crippen LogP contribution in [0.5, 0.6) is 0 Å². The second-order valence-corrected chi connectivity index (χ2v) is 6.83. The fourth-order valence-electron chi connectivity index (χ4n) is 2.50. The van der Waals surface area contributed by atoms with Gasteiger partial charge in [-0.2, -0.15) is 0 Å². The van der Waals surface area contributed by atoms with Crippen molar-refractivity contribution in [2.45, 2.75) is 46.1 Å². The molecule has 1 aliphatic rings. The Labute approximate surface area is 117 Å². The maximum atomic E-state index is 11.5. The Morgan fingerprint density at radius 2 is 1.95 bits per heavy atom.